The first-order valence-electron chi connectivity index (χ1n) is 8.01. The Kier molecular flexibility index (Phi) is 4.17. The average molecular weight is 367 g/mol. The number of nitro benzene ring substituents is 1. The normalized spacial score (nSPS) is 13.0. The van der Waals surface area contributed by atoms with Gasteiger partial charge in [0.2, 0.25) is 0 Å². The molecule has 2 aromatic carbocycles. The number of carbonyl (C=O) groups is 1. The number of hydrogen-bond acceptors (Lipinski definition) is 7. The molecule has 0 aliphatic carbocycles. The van der Waals surface area contributed by atoms with E-state index >= 15 is 0 Å². The summed E-state index contributed by atoms with van der Waals surface area (Å²) in [6.45, 7) is 0.992. The Morgan fingerprint density at radius 2 is 1.93 bits per heavy atom. The monoisotopic (exact) mass is 367 g/mol. The SMILES string of the molecule is O=C(N/N=C\c1ccc2c(c1)OCCO2)c1cc2cc([N+](=O)[O-])ccc2o1. The summed E-state index contributed by atoms with van der Waals surface area (Å²) in [6, 6.07) is 10.8. The van der Waals surface area contributed by atoms with Crippen LogP contribution in [0.5, 0.6) is 11.5 Å². The second-order valence-electron chi connectivity index (χ2n) is 5.69. The zero-order chi connectivity index (χ0) is 18.8. The maximum Gasteiger partial charge on any atom is 0.307 e. The van der Waals surface area contributed by atoms with Gasteiger partial charge in [-0.15, -0.1) is 0 Å². The van der Waals surface area contributed by atoms with Crippen LogP contribution in [-0.2, 0) is 0 Å². The highest BCUT2D eigenvalue weighted by molar-refractivity contribution is 5.97. The lowest BCUT2D eigenvalue weighted by atomic mass is 10.2. The second kappa shape index (κ2) is 6.79. The van der Waals surface area contributed by atoms with Crippen LogP contribution in [0, 0.1) is 10.1 Å². The molecule has 0 fully saturated rings. The molecule has 9 heteroatoms. The van der Waals surface area contributed by atoms with Crippen molar-refractivity contribution in [3.8, 4) is 11.5 Å². The molecule has 2 heterocycles. The van der Waals surface area contributed by atoms with E-state index in [9.17, 15) is 14.9 Å². The molecule has 1 aromatic heterocycles. The first-order valence-corrected chi connectivity index (χ1v) is 8.01. The predicted molar refractivity (Wildman–Crippen MR) is 95.4 cm³/mol. The van der Waals surface area contributed by atoms with E-state index in [1.807, 2.05) is 0 Å². The highest BCUT2D eigenvalue weighted by atomic mass is 16.6. The molecule has 0 radical (unpaired) electrons. The third-order valence-corrected chi connectivity index (χ3v) is 3.88. The fourth-order valence-electron chi connectivity index (χ4n) is 2.62. The van der Waals surface area contributed by atoms with E-state index in [1.54, 1.807) is 18.2 Å². The van der Waals surface area contributed by atoms with Crippen LogP contribution in [0.2, 0.25) is 0 Å². The van der Waals surface area contributed by atoms with Crippen LogP contribution in [0.1, 0.15) is 16.1 Å². The number of benzene rings is 2. The molecule has 27 heavy (non-hydrogen) atoms. The number of nitrogens with zero attached hydrogens (tertiary/aromatic N) is 2. The quantitative estimate of drug-likeness (QED) is 0.430. The summed E-state index contributed by atoms with van der Waals surface area (Å²) in [6.07, 6.45) is 1.46. The third-order valence-electron chi connectivity index (χ3n) is 3.88. The molecule has 9 nitrogen and oxygen atoms in total. The van der Waals surface area contributed by atoms with Crippen molar-refractivity contribution in [2.24, 2.45) is 5.10 Å². The van der Waals surface area contributed by atoms with Crippen molar-refractivity contribution in [1.82, 2.24) is 5.43 Å². The van der Waals surface area contributed by atoms with Gasteiger partial charge in [-0.1, -0.05) is 0 Å². The molecule has 0 atom stereocenters. The van der Waals surface area contributed by atoms with Crippen molar-refractivity contribution in [3.63, 3.8) is 0 Å². The molecule has 1 aliphatic heterocycles. The maximum atomic E-state index is 12.2. The molecular weight excluding hydrogens is 354 g/mol. The van der Waals surface area contributed by atoms with Crippen molar-refractivity contribution in [2.45, 2.75) is 0 Å². The van der Waals surface area contributed by atoms with Crippen molar-refractivity contribution in [2.75, 3.05) is 13.2 Å². The van der Waals surface area contributed by atoms with E-state index in [1.165, 1.54) is 30.5 Å². The Labute approximate surface area is 152 Å². The van der Waals surface area contributed by atoms with Crippen LogP contribution in [-0.4, -0.2) is 30.3 Å². The van der Waals surface area contributed by atoms with Gasteiger partial charge in [-0.05, 0) is 35.9 Å². The fraction of sp³-hybridized carbons (Fsp3) is 0.111. The number of non-ortho nitro benzene ring substituents is 1. The minimum atomic E-state index is -0.567. The van der Waals surface area contributed by atoms with Gasteiger partial charge in [-0.3, -0.25) is 14.9 Å². The summed E-state index contributed by atoms with van der Waals surface area (Å²) in [7, 11) is 0. The summed E-state index contributed by atoms with van der Waals surface area (Å²) >= 11 is 0. The van der Waals surface area contributed by atoms with Gasteiger partial charge in [-0.2, -0.15) is 5.10 Å². The van der Waals surface area contributed by atoms with Gasteiger partial charge in [0.1, 0.15) is 18.8 Å². The van der Waals surface area contributed by atoms with Crippen LogP contribution in [0.25, 0.3) is 11.0 Å². The van der Waals surface area contributed by atoms with Crippen LogP contribution < -0.4 is 14.9 Å². The number of nitro groups is 1. The van der Waals surface area contributed by atoms with E-state index in [2.05, 4.69) is 10.5 Å². The highest BCUT2D eigenvalue weighted by Gasteiger charge is 2.15. The summed E-state index contributed by atoms with van der Waals surface area (Å²) in [4.78, 5) is 22.5. The number of hydrogen-bond donors (Lipinski definition) is 1. The van der Waals surface area contributed by atoms with Gasteiger partial charge >= 0.3 is 5.91 Å². The van der Waals surface area contributed by atoms with Gasteiger partial charge in [0, 0.05) is 17.5 Å². The first kappa shape index (κ1) is 16.6. The number of hydrazone groups is 1. The Balaban J connectivity index is 1.46. The zero-order valence-electron chi connectivity index (χ0n) is 13.9. The van der Waals surface area contributed by atoms with E-state index < -0.39 is 10.8 Å². The fourth-order valence-corrected chi connectivity index (χ4v) is 2.62. The molecule has 1 amide bonds. The van der Waals surface area contributed by atoms with Gasteiger partial charge in [0.15, 0.2) is 17.3 Å². The number of furan rings is 1. The minimum Gasteiger partial charge on any atom is -0.486 e. The van der Waals surface area contributed by atoms with Crippen LogP contribution in [0.3, 0.4) is 0 Å². The van der Waals surface area contributed by atoms with Crippen molar-refractivity contribution in [1.29, 1.82) is 0 Å². The standard InChI is InChI=1S/C18H13N3O6/c22-18(17-9-12-8-13(21(23)24)2-4-14(12)27-17)20-19-10-11-1-3-15-16(7-11)26-6-5-25-15/h1-4,7-10H,5-6H2,(H,20,22)/b19-10-. The first-order chi connectivity index (χ1) is 13.1. The largest absolute Gasteiger partial charge is 0.486 e. The molecule has 3 aromatic rings. The van der Waals surface area contributed by atoms with Crippen LogP contribution in [0.4, 0.5) is 5.69 Å². The molecule has 0 unspecified atom stereocenters. The van der Waals surface area contributed by atoms with E-state index in [0.29, 0.717) is 35.7 Å². The lowest BCUT2D eigenvalue weighted by Gasteiger charge is -2.18. The molecule has 136 valence electrons. The number of carbonyl (C=O) groups excluding carboxylic acids is 1. The molecule has 0 bridgehead atoms. The zero-order valence-corrected chi connectivity index (χ0v) is 13.9. The lowest BCUT2D eigenvalue weighted by molar-refractivity contribution is -0.384. The summed E-state index contributed by atoms with van der Waals surface area (Å²) in [5, 5.41) is 15.2. The third kappa shape index (κ3) is 3.43. The Morgan fingerprint density at radius 3 is 2.74 bits per heavy atom. The van der Waals surface area contributed by atoms with E-state index in [-0.39, 0.29) is 11.4 Å². The lowest BCUT2D eigenvalue weighted by Crippen LogP contribution is -2.17. The van der Waals surface area contributed by atoms with Crippen molar-refractivity contribution >= 4 is 28.8 Å². The Hall–Kier alpha value is -3.88. The van der Waals surface area contributed by atoms with E-state index in [0.717, 1.165) is 5.56 Å². The van der Waals surface area contributed by atoms with Gasteiger partial charge in [-0.25, -0.2) is 5.43 Å². The van der Waals surface area contributed by atoms with Gasteiger partial charge < -0.3 is 13.9 Å². The summed E-state index contributed by atoms with van der Waals surface area (Å²) in [5.74, 6) is 0.724. The number of amides is 1. The minimum absolute atomic E-state index is 0.00447. The molecule has 1 aliphatic rings. The second-order valence-corrected chi connectivity index (χ2v) is 5.69. The number of ether oxygens (including phenoxy) is 2. The van der Waals surface area contributed by atoms with Crippen molar-refractivity contribution in [3.05, 3.63) is 63.9 Å². The smallest absolute Gasteiger partial charge is 0.307 e. The molecule has 4 rings (SSSR count). The van der Waals surface area contributed by atoms with E-state index in [4.69, 9.17) is 13.9 Å². The van der Waals surface area contributed by atoms with Gasteiger partial charge in [0.05, 0.1) is 11.1 Å². The Morgan fingerprint density at radius 1 is 1.11 bits per heavy atom. The predicted octanol–water partition coefficient (Wildman–Crippen LogP) is 2.88. The maximum absolute atomic E-state index is 12.2. The number of nitrogens with one attached hydrogen (secondary N) is 1. The molecule has 0 saturated heterocycles. The topological polar surface area (TPSA) is 116 Å². The average Bonchev–Trinajstić information content (AvgIpc) is 3.11. The molecular formula is C18H13N3O6. The van der Waals surface area contributed by atoms with Gasteiger partial charge in [0.25, 0.3) is 5.69 Å². The molecule has 0 spiro atoms. The van der Waals surface area contributed by atoms with Crippen LogP contribution in [0.15, 0.2) is 52.0 Å². The summed E-state index contributed by atoms with van der Waals surface area (Å²) in [5.41, 5.74) is 3.38. The number of rotatable bonds is 4. The molecule has 1 N–H and O–H groups in total. The highest BCUT2D eigenvalue weighted by Crippen LogP contribution is 2.30. The van der Waals surface area contributed by atoms with Crippen molar-refractivity contribution < 1.29 is 23.6 Å². The summed E-state index contributed by atoms with van der Waals surface area (Å²) < 4.78 is 16.3. The Bertz CT molecular complexity index is 1070. The molecule has 0 saturated carbocycles. The number of fused-ring (bicyclic) bond motifs is 2. The van der Waals surface area contributed by atoms with Crippen LogP contribution >= 0.6 is 0 Å².